The molecule has 0 saturated carbocycles. The topological polar surface area (TPSA) is 70.6 Å². The lowest BCUT2D eigenvalue weighted by Crippen LogP contribution is -2.35. The molecule has 1 aromatic rings. The Morgan fingerprint density at radius 3 is 2.47 bits per heavy atom. The van der Waals surface area contributed by atoms with Crippen LogP contribution >= 0.6 is 0 Å². The Labute approximate surface area is 87.2 Å². The average Bonchev–Trinajstić information content (AvgIpc) is 2.29. The van der Waals surface area contributed by atoms with Gasteiger partial charge in [0, 0.05) is 7.05 Å². The maximum atomic E-state index is 10.9. The molecule has 0 fully saturated rings. The summed E-state index contributed by atoms with van der Waals surface area (Å²) < 4.78 is 0. The van der Waals surface area contributed by atoms with Gasteiger partial charge in [0.1, 0.15) is 0 Å². The molecule has 0 spiro atoms. The number of benzene rings is 1. The van der Waals surface area contributed by atoms with Crippen LogP contribution < -0.4 is 10.7 Å². The van der Waals surface area contributed by atoms with Gasteiger partial charge in [-0.1, -0.05) is 30.3 Å². The van der Waals surface area contributed by atoms with Gasteiger partial charge >= 0.3 is 11.8 Å². The lowest BCUT2D eigenvalue weighted by atomic mass is 10.2. The van der Waals surface area contributed by atoms with Gasteiger partial charge in [-0.05, 0) is 5.56 Å². The van der Waals surface area contributed by atoms with Gasteiger partial charge in [0.05, 0.1) is 6.21 Å². The van der Waals surface area contributed by atoms with Crippen LogP contribution in [-0.2, 0) is 9.59 Å². The van der Waals surface area contributed by atoms with Crippen LogP contribution in [0.3, 0.4) is 0 Å². The first-order valence-corrected chi connectivity index (χ1v) is 4.34. The minimum absolute atomic E-state index is 0.722. The first-order valence-electron chi connectivity index (χ1n) is 4.34. The second kappa shape index (κ2) is 5.54. The highest BCUT2D eigenvalue weighted by atomic mass is 16.2. The van der Waals surface area contributed by atoms with Crippen molar-refractivity contribution in [2.75, 3.05) is 7.05 Å². The molecule has 2 N–H and O–H groups in total. The number of carbonyl (C=O) groups is 2. The fourth-order valence-electron chi connectivity index (χ4n) is 0.869. The van der Waals surface area contributed by atoms with Crippen molar-refractivity contribution in [1.82, 2.24) is 10.7 Å². The summed E-state index contributed by atoms with van der Waals surface area (Å²) >= 11 is 0. The van der Waals surface area contributed by atoms with E-state index in [1.165, 1.54) is 13.3 Å². The zero-order chi connectivity index (χ0) is 11.1. The molecule has 0 aliphatic heterocycles. The van der Waals surface area contributed by atoms with Crippen LogP contribution in [0.1, 0.15) is 5.56 Å². The van der Waals surface area contributed by atoms with E-state index in [1.54, 1.807) is 0 Å². The third-order valence-electron chi connectivity index (χ3n) is 1.61. The van der Waals surface area contributed by atoms with E-state index >= 15 is 0 Å². The maximum Gasteiger partial charge on any atom is 0.329 e. The Balaban J connectivity index is 2.47. The Morgan fingerprint density at radius 1 is 1.20 bits per heavy atom. The molecule has 0 radical (unpaired) electrons. The van der Waals surface area contributed by atoms with Crippen molar-refractivity contribution >= 4 is 18.0 Å². The van der Waals surface area contributed by atoms with Crippen molar-refractivity contribution in [3.63, 3.8) is 0 Å². The highest BCUT2D eigenvalue weighted by Crippen LogP contribution is 1.92. The molecule has 5 heteroatoms. The van der Waals surface area contributed by atoms with Gasteiger partial charge in [0.15, 0.2) is 0 Å². The number of carbonyl (C=O) groups excluding carboxylic acids is 2. The smallest absolute Gasteiger partial charge is 0.329 e. The monoisotopic (exact) mass is 205 g/mol. The number of rotatable bonds is 2. The lowest BCUT2D eigenvalue weighted by molar-refractivity contribution is -0.138. The number of nitrogens with zero attached hydrogens (tertiary/aromatic N) is 1. The molecule has 0 aliphatic rings. The highest BCUT2D eigenvalue weighted by Gasteiger charge is 2.08. The molecule has 0 aliphatic carbocycles. The molecule has 15 heavy (non-hydrogen) atoms. The van der Waals surface area contributed by atoms with E-state index in [4.69, 9.17) is 0 Å². The Bertz CT molecular complexity index is 374. The van der Waals surface area contributed by atoms with Crippen molar-refractivity contribution in [3.05, 3.63) is 35.9 Å². The van der Waals surface area contributed by atoms with Crippen molar-refractivity contribution < 1.29 is 9.59 Å². The van der Waals surface area contributed by atoms with E-state index in [-0.39, 0.29) is 0 Å². The summed E-state index contributed by atoms with van der Waals surface area (Å²) in [5, 5.41) is 5.81. The van der Waals surface area contributed by atoms with E-state index < -0.39 is 11.8 Å². The van der Waals surface area contributed by atoms with Gasteiger partial charge < -0.3 is 5.32 Å². The Hall–Kier alpha value is -2.17. The van der Waals surface area contributed by atoms with Gasteiger partial charge in [-0.25, -0.2) is 5.43 Å². The first kappa shape index (κ1) is 10.9. The normalized spacial score (nSPS) is 9.93. The summed E-state index contributed by atoms with van der Waals surface area (Å²) in [6, 6.07) is 9.23. The van der Waals surface area contributed by atoms with Crippen LogP contribution in [0.4, 0.5) is 0 Å². The second-order valence-electron chi connectivity index (χ2n) is 2.69. The molecule has 0 saturated heterocycles. The Kier molecular flexibility index (Phi) is 4.03. The summed E-state index contributed by atoms with van der Waals surface area (Å²) in [7, 11) is 1.38. The molecule has 0 atom stereocenters. The van der Waals surface area contributed by atoms with Crippen LogP contribution in [-0.4, -0.2) is 25.1 Å². The molecule has 0 bridgehead atoms. The number of hydrazone groups is 1. The summed E-state index contributed by atoms with van der Waals surface area (Å²) in [6.07, 6.45) is 1.46. The van der Waals surface area contributed by atoms with Crippen LogP contribution in [0, 0.1) is 0 Å². The number of amides is 2. The molecule has 1 rings (SSSR count). The van der Waals surface area contributed by atoms with Gasteiger partial charge in [0.25, 0.3) is 0 Å². The van der Waals surface area contributed by atoms with E-state index in [2.05, 4.69) is 15.8 Å². The summed E-state index contributed by atoms with van der Waals surface area (Å²) in [5.74, 6) is -1.51. The quantitative estimate of drug-likeness (QED) is 0.401. The third kappa shape index (κ3) is 3.60. The predicted molar refractivity (Wildman–Crippen MR) is 56.2 cm³/mol. The van der Waals surface area contributed by atoms with Crippen molar-refractivity contribution in [3.8, 4) is 0 Å². The summed E-state index contributed by atoms with van der Waals surface area (Å²) in [6.45, 7) is 0. The van der Waals surface area contributed by atoms with E-state index in [1.807, 2.05) is 30.3 Å². The first-order chi connectivity index (χ1) is 7.24. The molecular formula is C10H11N3O2. The van der Waals surface area contributed by atoms with Crippen molar-refractivity contribution in [2.45, 2.75) is 0 Å². The summed E-state index contributed by atoms with van der Waals surface area (Å²) in [4.78, 5) is 21.7. The summed E-state index contributed by atoms with van der Waals surface area (Å²) in [5.41, 5.74) is 2.94. The highest BCUT2D eigenvalue weighted by molar-refractivity contribution is 6.34. The minimum Gasteiger partial charge on any atom is -0.351 e. The van der Waals surface area contributed by atoms with Crippen molar-refractivity contribution in [2.24, 2.45) is 5.10 Å². The van der Waals surface area contributed by atoms with E-state index in [0.29, 0.717) is 0 Å². The fourth-order valence-corrected chi connectivity index (χ4v) is 0.869. The lowest BCUT2D eigenvalue weighted by Gasteiger charge is -1.96. The molecule has 78 valence electrons. The van der Waals surface area contributed by atoms with Crippen LogP contribution in [0.15, 0.2) is 35.4 Å². The minimum atomic E-state index is -0.787. The molecule has 5 nitrogen and oxygen atoms in total. The van der Waals surface area contributed by atoms with Crippen molar-refractivity contribution in [1.29, 1.82) is 0 Å². The second-order valence-corrected chi connectivity index (χ2v) is 2.69. The molecular weight excluding hydrogens is 194 g/mol. The standard InChI is InChI=1S/C10H11N3O2/c1-11-9(14)10(15)13-12-7-8-5-3-2-4-6-8/h2-7H,1H3,(H,11,14)(H,13,15)/b12-7+. The van der Waals surface area contributed by atoms with E-state index in [9.17, 15) is 9.59 Å². The van der Waals surface area contributed by atoms with Crippen LogP contribution in [0.25, 0.3) is 0 Å². The molecule has 0 unspecified atom stereocenters. The molecule has 1 aromatic carbocycles. The van der Waals surface area contributed by atoms with Gasteiger partial charge in [-0.15, -0.1) is 0 Å². The van der Waals surface area contributed by atoms with Crippen LogP contribution in [0.2, 0.25) is 0 Å². The van der Waals surface area contributed by atoms with Crippen LogP contribution in [0.5, 0.6) is 0 Å². The number of nitrogens with one attached hydrogen (secondary N) is 2. The molecule has 2 amide bonds. The van der Waals surface area contributed by atoms with Gasteiger partial charge in [-0.2, -0.15) is 5.10 Å². The van der Waals surface area contributed by atoms with Gasteiger partial charge in [-0.3, -0.25) is 9.59 Å². The van der Waals surface area contributed by atoms with Gasteiger partial charge in [0.2, 0.25) is 0 Å². The largest absolute Gasteiger partial charge is 0.351 e. The number of likely N-dealkylation sites (N-methyl/N-ethyl adjacent to an activating group) is 1. The fraction of sp³-hybridized carbons (Fsp3) is 0.100. The zero-order valence-electron chi connectivity index (χ0n) is 8.23. The number of hydrogen-bond donors (Lipinski definition) is 2. The maximum absolute atomic E-state index is 10.9. The Morgan fingerprint density at radius 2 is 1.87 bits per heavy atom. The molecule has 0 aromatic heterocycles. The predicted octanol–water partition coefficient (Wildman–Crippen LogP) is -0.117. The van der Waals surface area contributed by atoms with E-state index in [0.717, 1.165) is 5.56 Å². The number of hydrogen-bond acceptors (Lipinski definition) is 3. The molecule has 0 heterocycles. The SMILES string of the molecule is CNC(=O)C(=O)N/N=C/c1ccccc1. The zero-order valence-corrected chi connectivity index (χ0v) is 8.23. The average molecular weight is 205 g/mol. The third-order valence-corrected chi connectivity index (χ3v) is 1.61.